The van der Waals surface area contributed by atoms with Crippen LogP contribution < -0.4 is 21.5 Å². The van der Waals surface area contributed by atoms with Crippen LogP contribution in [-0.2, 0) is 4.79 Å². The van der Waals surface area contributed by atoms with Crippen molar-refractivity contribution in [1.29, 1.82) is 0 Å². The number of nitrogen functional groups attached to an aromatic ring is 1. The van der Waals surface area contributed by atoms with Crippen LogP contribution in [0.3, 0.4) is 0 Å². The highest BCUT2D eigenvalue weighted by molar-refractivity contribution is 5.95. The zero-order chi connectivity index (χ0) is 13.5. The van der Waals surface area contributed by atoms with Gasteiger partial charge in [-0.2, -0.15) is 0 Å². The van der Waals surface area contributed by atoms with Crippen LogP contribution in [0, 0.1) is 0 Å². The molecule has 2 amide bonds. The second-order valence-corrected chi connectivity index (χ2v) is 3.76. The molecule has 6 heteroatoms. The summed E-state index contributed by atoms with van der Waals surface area (Å²) in [6, 6.07) is 4.62. The van der Waals surface area contributed by atoms with Gasteiger partial charge in [0, 0.05) is 12.1 Å². The number of hydrogen-bond acceptors (Lipinski definition) is 4. The van der Waals surface area contributed by atoms with Crippen LogP contribution in [0.5, 0.6) is 5.75 Å². The molecule has 6 nitrogen and oxygen atoms in total. The average Bonchev–Trinajstić information content (AvgIpc) is 2.34. The van der Waals surface area contributed by atoms with Gasteiger partial charge < -0.3 is 21.5 Å². The van der Waals surface area contributed by atoms with Gasteiger partial charge in [-0.1, -0.05) is 6.92 Å². The normalized spacial score (nSPS) is 9.83. The van der Waals surface area contributed by atoms with Crippen LogP contribution in [0.25, 0.3) is 0 Å². The molecule has 1 aromatic rings. The van der Waals surface area contributed by atoms with Crippen molar-refractivity contribution in [2.45, 2.75) is 13.3 Å². The monoisotopic (exact) mass is 251 g/mol. The molecule has 0 fully saturated rings. The highest BCUT2D eigenvalue weighted by Gasteiger charge is 2.08. The van der Waals surface area contributed by atoms with Crippen LogP contribution >= 0.6 is 0 Å². The van der Waals surface area contributed by atoms with E-state index in [4.69, 9.17) is 16.2 Å². The number of amides is 2. The van der Waals surface area contributed by atoms with Gasteiger partial charge in [0.1, 0.15) is 5.75 Å². The van der Waals surface area contributed by atoms with Crippen molar-refractivity contribution in [3.8, 4) is 5.75 Å². The summed E-state index contributed by atoms with van der Waals surface area (Å²) in [5.41, 5.74) is 11.4. The molecule has 0 aromatic heterocycles. The molecule has 0 atom stereocenters. The number of nitrogens with one attached hydrogen (secondary N) is 1. The standard InChI is InChI=1S/C12H17N3O3/c1-2-5-15-12(17)8-3-4-10(9(13)6-8)18-7-11(14)16/h3-4,6H,2,5,7,13H2,1H3,(H2,14,16)(H,15,17). The van der Waals surface area contributed by atoms with Gasteiger partial charge in [-0.25, -0.2) is 0 Å². The van der Waals surface area contributed by atoms with Crippen molar-refractivity contribution in [2.24, 2.45) is 5.73 Å². The third kappa shape index (κ3) is 3.97. The van der Waals surface area contributed by atoms with Gasteiger partial charge in [0.2, 0.25) is 0 Å². The van der Waals surface area contributed by atoms with Crippen LogP contribution in [-0.4, -0.2) is 25.0 Å². The van der Waals surface area contributed by atoms with Gasteiger partial charge in [-0.15, -0.1) is 0 Å². The molecule has 0 bridgehead atoms. The third-order valence-corrected chi connectivity index (χ3v) is 2.18. The Kier molecular flexibility index (Phi) is 4.98. The second-order valence-electron chi connectivity index (χ2n) is 3.76. The maximum atomic E-state index is 11.7. The zero-order valence-electron chi connectivity index (χ0n) is 10.2. The average molecular weight is 251 g/mol. The molecule has 0 unspecified atom stereocenters. The molecule has 0 aliphatic heterocycles. The van der Waals surface area contributed by atoms with Gasteiger partial charge in [0.25, 0.3) is 11.8 Å². The molecular formula is C12H17N3O3. The fourth-order valence-electron chi connectivity index (χ4n) is 1.31. The zero-order valence-corrected chi connectivity index (χ0v) is 10.2. The highest BCUT2D eigenvalue weighted by atomic mass is 16.5. The number of rotatable bonds is 6. The van der Waals surface area contributed by atoms with Gasteiger partial charge in [0.05, 0.1) is 5.69 Å². The summed E-state index contributed by atoms with van der Waals surface area (Å²) >= 11 is 0. The van der Waals surface area contributed by atoms with E-state index in [1.165, 1.54) is 6.07 Å². The van der Waals surface area contributed by atoms with E-state index >= 15 is 0 Å². The number of anilines is 1. The summed E-state index contributed by atoms with van der Waals surface area (Å²) in [6.07, 6.45) is 0.862. The van der Waals surface area contributed by atoms with Crippen LogP contribution in [0.2, 0.25) is 0 Å². The van der Waals surface area contributed by atoms with Crippen molar-refractivity contribution in [2.75, 3.05) is 18.9 Å². The summed E-state index contributed by atoms with van der Waals surface area (Å²) in [5.74, 6) is -0.440. The minimum absolute atomic E-state index is 0.190. The number of benzene rings is 1. The van der Waals surface area contributed by atoms with E-state index in [0.717, 1.165) is 6.42 Å². The minimum atomic E-state index is -0.584. The van der Waals surface area contributed by atoms with Crippen molar-refractivity contribution in [3.63, 3.8) is 0 Å². The number of carbonyl (C=O) groups excluding carboxylic acids is 2. The first-order valence-electron chi connectivity index (χ1n) is 5.63. The predicted molar refractivity (Wildman–Crippen MR) is 68.2 cm³/mol. The molecule has 0 saturated heterocycles. The Morgan fingerprint density at radius 3 is 2.67 bits per heavy atom. The lowest BCUT2D eigenvalue weighted by molar-refractivity contribution is -0.119. The lowest BCUT2D eigenvalue weighted by Gasteiger charge is -2.09. The molecule has 18 heavy (non-hydrogen) atoms. The van der Waals surface area contributed by atoms with Crippen LogP contribution in [0.1, 0.15) is 23.7 Å². The van der Waals surface area contributed by atoms with Gasteiger partial charge in [0.15, 0.2) is 6.61 Å². The minimum Gasteiger partial charge on any atom is -0.482 e. The van der Waals surface area contributed by atoms with E-state index in [1.54, 1.807) is 12.1 Å². The van der Waals surface area contributed by atoms with Crippen LogP contribution in [0.4, 0.5) is 5.69 Å². The SMILES string of the molecule is CCCNC(=O)c1ccc(OCC(N)=O)c(N)c1. The van der Waals surface area contributed by atoms with E-state index < -0.39 is 5.91 Å². The summed E-state index contributed by atoms with van der Waals surface area (Å²) in [7, 11) is 0. The highest BCUT2D eigenvalue weighted by Crippen LogP contribution is 2.22. The Labute approximate surface area is 105 Å². The quantitative estimate of drug-likeness (QED) is 0.631. The van der Waals surface area contributed by atoms with E-state index in [1.807, 2.05) is 6.92 Å². The molecule has 1 rings (SSSR count). The van der Waals surface area contributed by atoms with Gasteiger partial charge in [-0.05, 0) is 24.6 Å². The Hall–Kier alpha value is -2.24. The summed E-state index contributed by atoms with van der Waals surface area (Å²) in [4.78, 5) is 22.2. The van der Waals surface area contributed by atoms with Gasteiger partial charge in [-0.3, -0.25) is 9.59 Å². The number of primary amides is 1. The Bertz CT molecular complexity index is 446. The largest absolute Gasteiger partial charge is 0.482 e. The second kappa shape index (κ2) is 6.48. The van der Waals surface area contributed by atoms with E-state index in [2.05, 4.69) is 5.32 Å². The molecule has 0 aliphatic carbocycles. The van der Waals surface area contributed by atoms with Crippen molar-refractivity contribution >= 4 is 17.5 Å². The Morgan fingerprint density at radius 2 is 2.11 bits per heavy atom. The molecule has 98 valence electrons. The number of hydrogen-bond donors (Lipinski definition) is 3. The molecular weight excluding hydrogens is 234 g/mol. The molecule has 0 radical (unpaired) electrons. The summed E-state index contributed by atoms with van der Waals surface area (Å²) in [5, 5.41) is 2.74. The Morgan fingerprint density at radius 1 is 1.39 bits per heavy atom. The van der Waals surface area contributed by atoms with Crippen molar-refractivity contribution in [3.05, 3.63) is 23.8 Å². The van der Waals surface area contributed by atoms with Crippen molar-refractivity contribution < 1.29 is 14.3 Å². The molecule has 1 aromatic carbocycles. The third-order valence-electron chi connectivity index (χ3n) is 2.18. The summed E-state index contributed by atoms with van der Waals surface area (Å²) in [6.45, 7) is 2.33. The predicted octanol–water partition coefficient (Wildman–Crippen LogP) is 0.273. The lowest BCUT2D eigenvalue weighted by atomic mass is 10.1. The topological polar surface area (TPSA) is 107 Å². The first-order valence-corrected chi connectivity index (χ1v) is 5.63. The lowest BCUT2D eigenvalue weighted by Crippen LogP contribution is -2.24. The number of ether oxygens (including phenoxy) is 1. The number of carbonyl (C=O) groups is 2. The first kappa shape index (κ1) is 13.8. The van der Waals surface area contributed by atoms with Crippen molar-refractivity contribution in [1.82, 2.24) is 5.32 Å². The van der Waals surface area contributed by atoms with E-state index in [9.17, 15) is 9.59 Å². The molecule has 0 saturated carbocycles. The maximum Gasteiger partial charge on any atom is 0.255 e. The molecule has 0 aliphatic rings. The first-order chi connectivity index (χ1) is 8.54. The van der Waals surface area contributed by atoms with Gasteiger partial charge >= 0.3 is 0 Å². The van der Waals surface area contributed by atoms with E-state index in [0.29, 0.717) is 23.5 Å². The van der Waals surface area contributed by atoms with Crippen LogP contribution in [0.15, 0.2) is 18.2 Å². The Balaban J connectivity index is 2.72. The fraction of sp³-hybridized carbons (Fsp3) is 0.333. The fourth-order valence-corrected chi connectivity index (χ4v) is 1.31. The molecule has 0 spiro atoms. The maximum absolute atomic E-state index is 11.7. The summed E-state index contributed by atoms with van der Waals surface area (Å²) < 4.78 is 5.08. The molecule has 5 N–H and O–H groups in total. The number of nitrogens with two attached hydrogens (primary N) is 2. The van der Waals surface area contributed by atoms with E-state index in [-0.39, 0.29) is 12.5 Å². The smallest absolute Gasteiger partial charge is 0.255 e. The molecule has 0 heterocycles.